The molecule has 8 rings (SSSR count). The fraction of sp³-hybridized carbons (Fsp3) is 0.174. The molecule has 0 aliphatic rings. The monoisotopic (exact) mass is 832 g/mol. The Balaban J connectivity index is 0.000000155. The van der Waals surface area contributed by atoms with Gasteiger partial charge in [0.15, 0.2) is 0 Å². The van der Waals surface area contributed by atoms with E-state index in [9.17, 15) is 0 Å². The fourth-order valence-electron chi connectivity index (χ4n) is 6.62. The van der Waals surface area contributed by atoms with E-state index in [2.05, 4.69) is 157 Å². The molecule has 0 spiro atoms. The number of fused-ring (bicyclic) bond motifs is 2. The van der Waals surface area contributed by atoms with Crippen molar-refractivity contribution < 1.29 is 22.4 Å². The Morgan fingerprint density at radius 3 is 1.50 bits per heavy atom. The zero-order valence-electron chi connectivity index (χ0n) is 31.1. The van der Waals surface area contributed by atoms with E-state index in [1.54, 1.807) is 0 Å². The van der Waals surface area contributed by atoms with E-state index in [-0.39, 0.29) is 5.43 Å². The molecule has 0 aliphatic heterocycles. The minimum absolute atomic E-state index is 0.224. The third-order valence-corrected chi connectivity index (χ3v) is 30.4. The van der Waals surface area contributed by atoms with Gasteiger partial charge in [-0.3, -0.25) is 0 Å². The Morgan fingerprint density at radius 1 is 0.596 bits per heavy atom. The molecule has 0 aliphatic carbocycles. The van der Waals surface area contributed by atoms with Gasteiger partial charge in [-0.25, -0.2) is 0 Å². The van der Waals surface area contributed by atoms with Gasteiger partial charge in [0.2, 0.25) is 0 Å². The number of halogens is 2. The van der Waals surface area contributed by atoms with Crippen LogP contribution in [-0.2, 0) is 18.0 Å². The number of rotatable bonds is 4. The third-order valence-electron chi connectivity index (χ3n) is 9.61. The molecular weight excluding hydrogens is 791 g/mol. The van der Waals surface area contributed by atoms with Crippen LogP contribution in [0.4, 0.5) is 0 Å². The van der Waals surface area contributed by atoms with Crippen molar-refractivity contribution in [3.8, 4) is 44.0 Å². The SMILES string of the molecule is C[Si](C)=[Zr]([Cl])[Cl].Cc1ccc(-c2cc3c(-c4ccccc4)c(C)c(C)cc3[cH-]2)o1.Cc1ccc(-c2cc3c(-c4ccccc4)c(C)c(C)cc3[cH-]2)s1. The Hall–Kier alpha value is -3.24. The van der Waals surface area contributed by atoms with Crippen molar-refractivity contribution in [2.24, 2.45) is 0 Å². The number of hydrogen-bond acceptors (Lipinski definition) is 2. The fourth-order valence-corrected chi connectivity index (χ4v) is 7.48. The Kier molecular flexibility index (Phi) is 12.5. The third kappa shape index (κ3) is 8.59. The van der Waals surface area contributed by atoms with Crippen LogP contribution in [0.25, 0.3) is 65.6 Å². The van der Waals surface area contributed by atoms with Gasteiger partial charge >= 0.3 is 53.5 Å². The van der Waals surface area contributed by atoms with E-state index in [4.69, 9.17) is 21.4 Å². The first-order valence-corrected chi connectivity index (χ1v) is 30.9. The number of thiophene rings is 1. The van der Waals surface area contributed by atoms with Gasteiger partial charge in [-0.15, -0.1) is 63.5 Å². The molecule has 264 valence electrons. The van der Waals surface area contributed by atoms with Crippen LogP contribution in [0.5, 0.6) is 0 Å². The first kappa shape index (κ1) is 38.5. The number of aryl methyl sites for hydroxylation is 4. The minimum atomic E-state index is -1.65. The van der Waals surface area contributed by atoms with Gasteiger partial charge in [-0.2, -0.15) is 11.3 Å². The van der Waals surface area contributed by atoms with E-state index >= 15 is 0 Å². The molecule has 0 atom stereocenters. The van der Waals surface area contributed by atoms with E-state index in [0.29, 0.717) is 0 Å². The maximum atomic E-state index is 5.81. The zero-order chi connectivity index (χ0) is 37.1. The summed E-state index contributed by atoms with van der Waals surface area (Å²) >= 11 is 0.213. The predicted octanol–water partition coefficient (Wildman–Crippen LogP) is 15.5. The summed E-state index contributed by atoms with van der Waals surface area (Å²) in [6, 6.07) is 43.6. The number of hydrogen-bond donors (Lipinski definition) is 0. The molecule has 6 heteroatoms. The van der Waals surface area contributed by atoms with E-state index in [1.807, 2.05) is 30.4 Å². The molecule has 0 bridgehead atoms. The second-order valence-corrected chi connectivity index (χ2v) is 38.0. The molecule has 1 nitrogen and oxygen atoms in total. The molecule has 8 aromatic rings. The van der Waals surface area contributed by atoms with Crippen LogP contribution in [0.2, 0.25) is 13.1 Å². The van der Waals surface area contributed by atoms with Crippen LogP contribution in [0.3, 0.4) is 0 Å². The van der Waals surface area contributed by atoms with Gasteiger partial charge < -0.3 is 4.42 Å². The first-order valence-electron chi connectivity index (χ1n) is 17.6. The number of furan rings is 1. The van der Waals surface area contributed by atoms with Gasteiger partial charge in [0.25, 0.3) is 0 Å². The molecule has 0 unspecified atom stereocenters. The predicted molar refractivity (Wildman–Crippen MR) is 229 cm³/mol. The molecular formula is C46H44Cl2OSSiZr-2. The minimum Gasteiger partial charge on any atom is -0.496 e. The Morgan fingerprint density at radius 2 is 1.08 bits per heavy atom. The number of benzene rings is 4. The largest absolute Gasteiger partial charge is 0.496 e. The second kappa shape index (κ2) is 16.8. The van der Waals surface area contributed by atoms with Crippen LogP contribution < -0.4 is 0 Å². The van der Waals surface area contributed by atoms with Gasteiger partial charge in [0, 0.05) is 0 Å². The van der Waals surface area contributed by atoms with E-state index in [0.717, 1.165) is 17.1 Å². The van der Waals surface area contributed by atoms with Crippen molar-refractivity contribution in [3.05, 3.63) is 154 Å². The summed E-state index contributed by atoms with van der Waals surface area (Å²) in [5.74, 6) is 1.88. The maximum absolute atomic E-state index is 5.81. The molecule has 0 N–H and O–H groups in total. The van der Waals surface area contributed by atoms with Crippen molar-refractivity contribution >= 4 is 55.3 Å². The maximum Gasteiger partial charge on any atom is 0.0896 e. The molecule has 52 heavy (non-hydrogen) atoms. The molecule has 0 amide bonds. The van der Waals surface area contributed by atoms with E-state index < -0.39 is 18.0 Å². The van der Waals surface area contributed by atoms with Gasteiger partial charge in [0.05, 0.1) is 11.5 Å². The van der Waals surface area contributed by atoms with Crippen molar-refractivity contribution in [1.82, 2.24) is 0 Å². The summed E-state index contributed by atoms with van der Waals surface area (Å²) in [6.45, 7) is 17.3. The molecule has 2 aromatic heterocycles. The van der Waals surface area contributed by atoms with Gasteiger partial charge in [-0.05, 0) is 85.7 Å². The van der Waals surface area contributed by atoms with Crippen molar-refractivity contribution in [2.75, 3.05) is 0 Å². The summed E-state index contributed by atoms with van der Waals surface area (Å²) in [6.07, 6.45) is 0. The molecule has 0 fully saturated rings. The Bertz CT molecular complexity index is 2330. The van der Waals surface area contributed by atoms with E-state index in [1.165, 1.54) is 81.4 Å². The van der Waals surface area contributed by atoms with Crippen LogP contribution in [-0.4, -0.2) is 5.43 Å². The summed E-state index contributed by atoms with van der Waals surface area (Å²) in [4.78, 5) is 2.72. The summed E-state index contributed by atoms with van der Waals surface area (Å²) in [5, 5.41) is 5.27. The average Bonchev–Trinajstić information content (AvgIpc) is 3.94. The van der Waals surface area contributed by atoms with Crippen molar-refractivity contribution in [3.63, 3.8) is 0 Å². The summed E-state index contributed by atoms with van der Waals surface area (Å²) in [5.41, 5.74) is 12.9. The van der Waals surface area contributed by atoms with Crippen molar-refractivity contribution in [1.29, 1.82) is 0 Å². The van der Waals surface area contributed by atoms with Crippen LogP contribution in [0.1, 0.15) is 32.9 Å². The van der Waals surface area contributed by atoms with Crippen LogP contribution in [0, 0.1) is 41.5 Å². The van der Waals surface area contributed by atoms with Crippen LogP contribution in [0.15, 0.2) is 126 Å². The van der Waals surface area contributed by atoms with Gasteiger partial charge in [0.1, 0.15) is 0 Å². The van der Waals surface area contributed by atoms with Gasteiger partial charge in [-0.1, -0.05) is 101 Å². The topological polar surface area (TPSA) is 13.1 Å². The molecule has 0 saturated carbocycles. The van der Waals surface area contributed by atoms with Crippen LogP contribution >= 0.6 is 28.4 Å². The average molecular weight is 835 g/mol. The Labute approximate surface area is 327 Å². The standard InChI is InChI=1S/C22H19O.C22H19S.C2H6Si.2ClH.Zr/c2*1-14-11-18-12-19(21-10-9-15(2)23-21)13-20(18)22(16(14)3)17-7-5-4-6-8-17;1-3-2;;;/h2*4-13H,1-3H3;1-2H3;2*1H;/q2*-1;;;;+2/p-2. The quantitative estimate of drug-likeness (QED) is 0.127. The molecule has 6 aromatic carbocycles. The van der Waals surface area contributed by atoms with Crippen molar-refractivity contribution in [2.45, 2.75) is 54.6 Å². The summed E-state index contributed by atoms with van der Waals surface area (Å²) < 4.78 is 5.81. The zero-order valence-corrected chi connectivity index (χ0v) is 36.9. The molecule has 0 saturated heterocycles. The molecule has 2 heterocycles. The normalized spacial score (nSPS) is 10.9. The summed E-state index contributed by atoms with van der Waals surface area (Å²) in [7, 11) is 11.2. The first-order chi connectivity index (χ1) is 24.9. The molecule has 0 radical (unpaired) electrons. The second-order valence-electron chi connectivity index (χ2n) is 13.7. The smallest absolute Gasteiger partial charge is 0.0896 e.